The molecule has 1 heterocycles. The molecule has 0 aliphatic carbocycles. The standard InChI is InChI=1S/C14H20N2O3/c1-16(8-10-3-2-6-19-9-10)13-5-4-11(15)7-12(13)14(17)18/h4-5,7,10H,2-3,6,8-9,15H2,1H3,(H,17,18). The lowest BCUT2D eigenvalue weighted by Crippen LogP contribution is -2.31. The minimum atomic E-state index is -0.950. The predicted octanol–water partition coefficient (Wildman–Crippen LogP) is 1.83. The van der Waals surface area contributed by atoms with E-state index < -0.39 is 5.97 Å². The average Bonchev–Trinajstić information content (AvgIpc) is 2.39. The van der Waals surface area contributed by atoms with Crippen molar-refractivity contribution in [3.05, 3.63) is 23.8 Å². The highest BCUT2D eigenvalue weighted by Gasteiger charge is 2.19. The minimum Gasteiger partial charge on any atom is -0.478 e. The highest BCUT2D eigenvalue weighted by Crippen LogP contribution is 2.24. The first-order chi connectivity index (χ1) is 9.08. The molecule has 1 aromatic carbocycles. The SMILES string of the molecule is CN(CC1CCCOC1)c1ccc(N)cc1C(=O)O. The van der Waals surface area contributed by atoms with Crippen LogP contribution in [-0.2, 0) is 4.74 Å². The van der Waals surface area contributed by atoms with Crippen LogP contribution in [0, 0.1) is 5.92 Å². The first kappa shape index (κ1) is 13.7. The van der Waals surface area contributed by atoms with Gasteiger partial charge in [-0.2, -0.15) is 0 Å². The Balaban J connectivity index is 2.13. The fraction of sp³-hybridized carbons (Fsp3) is 0.500. The van der Waals surface area contributed by atoms with E-state index in [9.17, 15) is 9.90 Å². The molecule has 1 aliphatic heterocycles. The van der Waals surface area contributed by atoms with Crippen LogP contribution in [0.2, 0.25) is 0 Å². The number of nitrogens with zero attached hydrogens (tertiary/aromatic N) is 1. The third kappa shape index (κ3) is 3.38. The first-order valence-electron chi connectivity index (χ1n) is 6.49. The topological polar surface area (TPSA) is 75.8 Å². The molecule has 3 N–H and O–H groups in total. The van der Waals surface area contributed by atoms with Gasteiger partial charge in [0.1, 0.15) is 0 Å². The summed E-state index contributed by atoms with van der Waals surface area (Å²) in [5.74, 6) is -0.494. The second-order valence-corrected chi connectivity index (χ2v) is 5.05. The zero-order valence-corrected chi connectivity index (χ0v) is 11.1. The Bertz CT molecular complexity index is 456. The molecule has 2 rings (SSSR count). The van der Waals surface area contributed by atoms with Gasteiger partial charge < -0.3 is 20.5 Å². The van der Waals surface area contributed by atoms with E-state index in [1.165, 1.54) is 6.07 Å². The summed E-state index contributed by atoms with van der Waals surface area (Å²) in [7, 11) is 1.91. The summed E-state index contributed by atoms with van der Waals surface area (Å²) in [6.07, 6.45) is 2.20. The van der Waals surface area contributed by atoms with Gasteiger partial charge in [0.15, 0.2) is 0 Å². The van der Waals surface area contributed by atoms with Gasteiger partial charge in [-0.25, -0.2) is 4.79 Å². The van der Waals surface area contributed by atoms with Crippen LogP contribution in [0.4, 0.5) is 11.4 Å². The Morgan fingerprint density at radius 1 is 1.58 bits per heavy atom. The maximum absolute atomic E-state index is 11.3. The van der Waals surface area contributed by atoms with Crippen LogP contribution < -0.4 is 10.6 Å². The average molecular weight is 264 g/mol. The number of ether oxygens (including phenoxy) is 1. The lowest BCUT2D eigenvalue weighted by Gasteiger charge is -2.29. The van der Waals surface area contributed by atoms with Crippen LogP contribution in [0.15, 0.2) is 18.2 Å². The van der Waals surface area contributed by atoms with Gasteiger partial charge in [-0.1, -0.05) is 0 Å². The number of nitrogens with two attached hydrogens (primary N) is 1. The molecule has 0 amide bonds. The molecule has 1 saturated heterocycles. The summed E-state index contributed by atoms with van der Waals surface area (Å²) in [4.78, 5) is 13.2. The van der Waals surface area contributed by atoms with Crippen molar-refractivity contribution in [1.82, 2.24) is 0 Å². The van der Waals surface area contributed by atoms with E-state index in [1.807, 2.05) is 11.9 Å². The van der Waals surface area contributed by atoms with Crippen molar-refractivity contribution in [3.63, 3.8) is 0 Å². The van der Waals surface area contributed by atoms with Crippen LogP contribution in [0.3, 0.4) is 0 Å². The Labute approximate surface area is 113 Å². The van der Waals surface area contributed by atoms with Gasteiger partial charge in [-0.15, -0.1) is 0 Å². The lowest BCUT2D eigenvalue weighted by atomic mass is 10.0. The highest BCUT2D eigenvalue weighted by atomic mass is 16.5. The number of carbonyl (C=O) groups is 1. The molecule has 5 nitrogen and oxygen atoms in total. The van der Waals surface area contributed by atoms with Crippen molar-refractivity contribution in [2.45, 2.75) is 12.8 Å². The van der Waals surface area contributed by atoms with Gasteiger partial charge in [-0.05, 0) is 37.0 Å². The molecule has 1 unspecified atom stereocenters. The van der Waals surface area contributed by atoms with Crippen LogP contribution in [0.5, 0.6) is 0 Å². The molecule has 5 heteroatoms. The number of rotatable bonds is 4. The van der Waals surface area contributed by atoms with Crippen LogP contribution in [0.25, 0.3) is 0 Å². The first-order valence-corrected chi connectivity index (χ1v) is 6.49. The van der Waals surface area contributed by atoms with E-state index in [2.05, 4.69) is 0 Å². The van der Waals surface area contributed by atoms with Crippen molar-refractivity contribution < 1.29 is 14.6 Å². The molecule has 0 radical (unpaired) electrons. The Kier molecular flexibility index (Phi) is 4.27. The smallest absolute Gasteiger partial charge is 0.337 e. The number of aromatic carboxylic acids is 1. The van der Waals surface area contributed by atoms with E-state index in [-0.39, 0.29) is 5.56 Å². The summed E-state index contributed by atoms with van der Waals surface area (Å²) in [5, 5.41) is 9.24. The third-order valence-corrected chi connectivity index (χ3v) is 3.45. The predicted molar refractivity (Wildman–Crippen MR) is 74.6 cm³/mol. The molecule has 0 saturated carbocycles. The third-order valence-electron chi connectivity index (χ3n) is 3.45. The summed E-state index contributed by atoms with van der Waals surface area (Å²) in [5.41, 5.74) is 7.07. The zero-order chi connectivity index (χ0) is 13.8. The van der Waals surface area contributed by atoms with Crippen molar-refractivity contribution in [3.8, 4) is 0 Å². The molecule has 0 spiro atoms. The van der Waals surface area contributed by atoms with E-state index in [1.54, 1.807) is 12.1 Å². The number of benzene rings is 1. The normalized spacial score (nSPS) is 19.1. The second kappa shape index (κ2) is 5.93. The Morgan fingerprint density at radius 3 is 3.00 bits per heavy atom. The largest absolute Gasteiger partial charge is 0.478 e. The van der Waals surface area contributed by atoms with E-state index in [0.29, 0.717) is 17.3 Å². The van der Waals surface area contributed by atoms with Gasteiger partial charge >= 0.3 is 5.97 Å². The highest BCUT2D eigenvalue weighted by molar-refractivity contribution is 5.95. The molecule has 104 valence electrons. The molecule has 19 heavy (non-hydrogen) atoms. The number of carboxylic acid groups (broad SMARTS) is 1. The second-order valence-electron chi connectivity index (χ2n) is 5.05. The van der Waals surface area contributed by atoms with E-state index >= 15 is 0 Å². The van der Waals surface area contributed by atoms with Gasteiger partial charge in [0.05, 0.1) is 17.9 Å². The van der Waals surface area contributed by atoms with Crippen LogP contribution in [0.1, 0.15) is 23.2 Å². The van der Waals surface area contributed by atoms with Gasteiger partial charge in [0.25, 0.3) is 0 Å². The fourth-order valence-corrected chi connectivity index (χ4v) is 2.49. The van der Waals surface area contributed by atoms with E-state index in [0.717, 1.165) is 32.6 Å². The molecular formula is C14H20N2O3. The Morgan fingerprint density at radius 2 is 2.37 bits per heavy atom. The van der Waals surface area contributed by atoms with E-state index in [4.69, 9.17) is 10.5 Å². The van der Waals surface area contributed by atoms with Crippen molar-refractivity contribution in [1.29, 1.82) is 0 Å². The molecule has 0 bridgehead atoms. The van der Waals surface area contributed by atoms with Gasteiger partial charge in [-0.3, -0.25) is 0 Å². The summed E-state index contributed by atoms with van der Waals surface area (Å²) < 4.78 is 5.45. The fourth-order valence-electron chi connectivity index (χ4n) is 2.49. The van der Waals surface area contributed by atoms with Gasteiger partial charge in [0.2, 0.25) is 0 Å². The summed E-state index contributed by atoms with van der Waals surface area (Å²) in [6.45, 7) is 2.38. The lowest BCUT2D eigenvalue weighted by molar-refractivity contribution is 0.0576. The molecular weight excluding hydrogens is 244 g/mol. The minimum absolute atomic E-state index is 0.249. The maximum atomic E-state index is 11.3. The number of hydrogen-bond acceptors (Lipinski definition) is 4. The Hall–Kier alpha value is -1.75. The van der Waals surface area contributed by atoms with Gasteiger partial charge in [0, 0.05) is 25.9 Å². The van der Waals surface area contributed by atoms with Crippen molar-refractivity contribution in [2.24, 2.45) is 5.92 Å². The van der Waals surface area contributed by atoms with Crippen LogP contribution >= 0.6 is 0 Å². The van der Waals surface area contributed by atoms with Crippen molar-refractivity contribution >= 4 is 17.3 Å². The molecule has 1 fully saturated rings. The quantitative estimate of drug-likeness (QED) is 0.811. The summed E-state index contributed by atoms with van der Waals surface area (Å²) >= 11 is 0. The molecule has 1 aliphatic rings. The number of hydrogen-bond donors (Lipinski definition) is 2. The number of nitrogen functional groups attached to an aromatic ring is 1. The zero-order valence-electron chi connectivity index (χ0n) is 11.1. The van der Waals surface area contributed by atoms with Crippen molar-refractivity contribution in [2.75, 3.05) is 37.4 Å². The molecule has 0 aromatic heterocycles. The molecule has 1 atom stereocenters. The maximum Gasteiger partial charge on any atom is 0.337 e. The van der Waals surface area contributed by atoms with Crippen LogP contribution in [-0.4, -0.2) is 37.9 Å². The number of anilines is 2. The molecule has 1 aromatic rings. The summed E-state index contributed by atoms with van der Waals surface area (Å²) in [6, 6.07) is 5.00. The number of carboxylic acids is 1. The monoisotopic (exact) mass is 264 g/mol.